The highest BCUT2D eigenvalue weighted by atomic mass is 15.1. The molecule has 0 spiro atoms. The fraction of sp³-hybridized carbons (Fsp3) is 1.00. The topological polar surface area (TPSA) is 18.5 Å². The van der Waals surface area contributed by atoms with Crippen molar-refractivity contribution in [1.82, 2.24) is 15.1 Å². The molecule has 1 unspecified atom stereocenters. The van der Waals surface area contributed by atoms with E-state index in [1.807, 2.05) is 0 Å². The zero-order chi connectivity index (χ0) is 13.1. The van der Waals surface area contributed by atoms with E-state index in [1.165, 1.54) is 77.9 Å². The lowest BCUT2D eigenvalue weighted by atomic mass is 9.79. The summed E-state index contributed by atoms with van der Waals surface area (Å²) < 4.78 is 0. The molecule has 0 radical (unpaired) electrons. The maximum atomic E-state index is 3.50. The van der Waals surface area contributed by atoms with Crippen LogP contribution in [-0.2, 0) is 0 Å². The molecule has 19 heavy (non-hydrogen) atoms. The van der Waals surface area contributed by atoms with Gasteiger partial charge in [0.15, 0.2) is 0 Å². The predicted molar refractivity (Wildman–Crippen MR) is 80.4 cm³/mol. The zero-order valence-corrected chi connectivity index (χ0v) is 12.6. The van der Waals surface area contributed by atoms with E-state index in [-0.39, 0.29) is 0 Å². The summed E-state index contributed by atoms with van der Waals surface area (Å²) in [6.45, 7) is 9.26. The number of hydrogen-bond acceptors (Lipinski definition) is 3. The second-order valence-corrected chi connectivity index (χ2v) is 7.14. The van der Waals surface area contributed by atoms with Gasteiger partial charge in [0.05, 0.1) is 0 Å². The van der Waals surface area contributed by atoms with Crippen molar-refractivity contribution in [3.05, 3.63) is 0 Å². The van der Waals surface area contributed by atoms with Gasteiger partial charge in [0.25, 0.3) is 0 Å². The van der Waals surface area contributed by atoms with Crippen LogP contribution in [0.3, 0.4) is 0 Å². The van der Waals surface area contributed by atoms with Gasteiger partial charge in [-0.25, -0.2) is 0 Å². The largest absolute Gasteiger partial charge is 0.316 e. The summed E-state index contributed by atoms with van der Waals surface area (Å²) in [5, 5.41) is 3.50. The van der Waals surface area contributed by atoms with Crippen molar-refractivity contribution in [3.8, 4) is 0 Å². The van der Waals surface area contributed by atoms with Gasteiger partial charge in [-0.2, -0.15) is 0 Å². The second kappa shape index (κ2) is 6.55. The van der Waals surface area contributed by atoms with Gasteiger partial charge in [-0.3, -0.25) is 0 Å². The minimum atomic E-state index is 0.930. The smallest absolute Gasteiger partial charge is 0.00223 e. The molecule has 110 valence electrons. The fourth-order valence-corrected chi connectivity index (χ4v) is 4.34. The van der Waals surface area contributed by atoms with Gasteiger partial charge in [0.1, 0.15) is 0 Å². The maximum absolute atomic E-state index is 3.50. The molecule has 1 N–H and O–H groups in total. The highest BCUT2D eigenvalue weighted by Crippen LogP contribution is 2.32. The van der Waals surface area contributed by atoms with Crippen LogP contribution in [0.2, 0.25) is 0 Å². The molecular weight excluding hydrogens is 234 g/mol. The van der Waals surface area contributed by atoms with Crippen LogP contribution in [0.25, 0.3) is 0 Å². The van der Waals surface area contributed by atoms with Crippen LogP contribution < -0.4 is 5.32 Å². The molecule has 3 fully saturated rings. The van der Waals surface area contributed by atoms with Gasteiger partial charge in [-0.05, 0) is 96.2 Å². The Morgan fingerprint density at radius 1 is 0.895 bits per heavy atom. The molecule has 1 atom stereocenters. The van der Waals surface area contributed by atoms with E-state index in [2.05, 4.69) is 22.2 Å². The molecule has 3 saturated heterocycles. The van der Waals surface area contributed by atoms with E-state index in [1.54, 1.807) is 0 Å². The van der Waals surface area contributed by atoms with Crippen molar-refractivity contribution in [3.63, 3.8) is 0 Å². The monoisotopic (exact) mass is 265 g/mol. The molecule has 3 aliphatic heterocycles. The first kappa shape index (κ1) is 13.8. The fourth-order valence-electron chi connectivity index (χ4n) is 4.34. The first-order valence-electron chi connectivity index (χ1n) is 8.43. The highest BCUT2D eigenvalue weighted by Gasteiger charge is 2.29. The maximum Gasteiger partial charge on any atom is 0.00223 e. The van der Waals surface area contributed by atoms with Crippen LogP contribution in [0.4, 0.5) is 0 Å². The van der Waals surface area contributed by atoms with Crippen molar-refractivity contribution in [2.24, 2.45) is 17.8 Å². The molecule has 3 heteroatoms. The summed E-state index contributed by atoms with van der Waals surface area (Å²) in [4.78, 5) is 5.24. The van der Waals surface area contributed by atoms with Gasteiger partial charge in [0.2, 0.25) is 0 Å². The lowest BCUT2D eigenvalue weighted by Gasteiger charge is -2.40. The third kappa shape index (κ3) is 3.71. The van der Waals surface area contributed by atoms with Crippen molar-refractivity contribution in [1.29, 1.82) is 0 Å². The van der Waals surface area contributed by atoms with Crippen LogP contribution in [0.1, 0.15) is 32.1 Å². The molecule has 3 heterocycles. The molecule has 0 aromatic heterocycles. The zero-order valence-electron chi connectivity index (χ0n) is 12.6. The van der Waals surface area contributed by atoms with Crippen LogP contribution >= 0.6 is 0 Å². The van der Waals surface area contributed by atoms with Crippen molar-refractivity contribution < 1.29 is 0 Å². The van der Waals surface area contributed by atoms with Crippen LogP contribution in [0, 0.1) is 17.8 Å². The standard InChI is InChI=1S/C16H31N3/c1-18-8-3-15(4-9-18)16-5-10-19(11-6-16)13-14-2-7-17-12-14/h14-17H,2-13H2,1H3. The van der Waals surface area contributed by atoms with Gasteiger partial charge in [-0.1, -0.05) is 0 Å². The Morgan fingerprint density at radius 2 is 1.53 bits per heavy atom. The number of hydrogen-bond donors (Lipinski definition) is 1. The third-order valence-electron chi connectivity index (χ3n) is 5.74. The summed E-state index contributed by atoms with van der Waals surface area (Å²) >= 11 is 0. The van der Waals surface area contributed by atoms with E-state index in [4.69, 9.17) is 0 Å². The molecule has 3 rings (SSSR count). The average molecular weight is 265 g/mol. The lowest BCUT2D eigenvalue weighted by molar-refractivity contribution is 0.0984. The van der Waals surface area contributed by atoms with Crippen molar-refractivity contribution in [2.45, 2.75) is 32.1 Å². The number of nitrogens with zero attached hydrogens (tertiary/aromatic N) is 2. The van der Waals surface area contributed by atoms with E-state index >= 15 is 0 Å². The molecule has 0 aromatic carbocycles. The van der Waals surface area contributed by atoms with Gasteiger partial charge in [-0.15, -0.1) is 0 Å². The molecule has 3 nitrogen and oxygen atoms in total. The summed E-state index contributed by atoms with van der Waals surface area (Å²) in [5.41, 5.74) is 0. The molecule has 0 saturated carbocycles. The van der Waals surface area contributed by atoms with Gasteiger partial charge in [0, 0.05) is 6.54 Å². The summed E-state index contributed by atoms with van der Waals surface area (Å²) in [7, 11) is 2.27. The minimum Gasteiger partial charge on any atom is -0.316 e. The van der Waals surface area contributed by atoms with Gasteiger partial charge >= 0.3 is 0 Å². The highest BCUT2D eigenvalue weighted by molar-refractivity contribution is 4.83. The van der Waals surface area contributed by atoms with Crippen molar-refractivity contribution >= 4 is 0 Å². The Labute approximate surface area is 118 Å². The van der Waals surface area contributed by atoms with E-state index in [0.29, 0.717) is 0 Å². The quantitative estimate of drug-likeness (QED) is 0.837. The first-order valence-corrected chi connectivity index (χ1v) is 8.43. The van der Waals surface area contributed by atoms with Crippen molar-refractivity contribution in [2.75, 3.05) is 52.9 Å². The van der Waals surface area contributed by atoms with Crippen LogP contribution in [-0.4, -0.2) is 62.7 Å². The molecular formula is C16H31N3. The van der Waals surface area contributed by atoms with E-state index < -0.39 is 0 Å². The first-order chi connectivity index (χ1) is 9.31. The summed E-state index contributed by atoms with van der Waals surface area (Å²) in [6.07, 6.45) is 7.24. The number of likely N-dealkylation sites (tertiary alicyclic amines) is 2. The van der Waals surface area contributed by atoms with E-state index in [0.717, 1.165) is 17.8 Å². The molecule has 0 amide bonds. The second-order valence-electron chi connectivity index (χ2n) is 7.14. The average Bonchev–Trinajstić information content (AvgIpc) is 2.94. The summed E-state index contributed by atoms with van der Waals surface area (Å²) in [6, 6.07) is 0. The third-order valence-corrected chi connectivity index (χ3v) is 5.74. The number of nitrogens with one attached hydrogen (secondary N) is 1. The Balaban J connectivity index is 1.39. The molecule has 0 bridgehead atoms. The normalized spacial score (nSPS) is 33.0. The molecule has 0 aliphatic carbocycles. The summed E-state index contributed by atoms with van der Waals surface area (Å²) in [5.74, 6) is 3.00. The SMILES string of the molecule is CN1CCC(C2CCN(CC3CCNC3)CC2)CC1. The van der Waals surface area contributed by atoms with Gasteiger partial charge < -0.3 is 15.1 Å². The molecule has 3 aliphatic rings. The predicted octanol–water partition coefficient (Wildman–Crippen LogP) is 1.65. The number of rotatable bonds is 3. The Kier molecular flexibility index (Phi) is 4.78. The van der Waals surface area contributed by atoms with Crippen LogP contribution in [0.5, 0.6) is 0 Å². The Morgan fingerprint density at radius 3 is 2.11 bits per heavy atom. The number of piperidine rings is 2. The van der Waals surface area contributed by atoms with E-state index in [9.17, 15) is 0 Å². The van der Waals surface area contributed by atoms with Crippen LogP contribution in [0.15, 0.2) is 0 Å². The Bertz CT molecular complexity index is 259. The lowest BCUT2D eigenvalue weighted by Crippen LogP contribution is -2.41. The minimum absolute atomic E-state index is 0.930. The molecule has 0 aromatic rings. The Hall–Kier alpha value is -0.120.